The minimum atomic E-state index is -0.498. The molecule has 0 bridgehead atoms. The van der Waals surface area contributed by atoms with Gasteiger partial charge in [-0.05, 0) is 29.3 Å². The summed E-state index contributed by atoms with van der Waals surface area (Å²) in [7, 11) is 0. The van der Waals surface area contributed by atoms with Gasteiger partial charge in [-0.3, -0.25) is 25.0 Å². The highest BCUT2D eigenvalue weighted by molar-refractivity contribution is 6.05. The molecule has 0 fully saturated rings. The molecule has 28 heavy (non-hydrogen) atoms. The lowest BCUT2D eigenvalue weighted by molar-refractivity contribution is -0.385. The molecule has 1 heterocycles. The minimum Gasteiger partial charge on any atom is -0.287 e. The van der Waals surface area contributed by atoms with E-state index in [0.717, 1.165) is 5.56 Å². The van der Waals surface area contributed by atoms with Crippen molar-refractivity contribution < 1.29 is 14.6 Å². The number of carbonyl (C=O) groups excluding carboxylic acids is 1. The summed E-state index contributed by atoms with van der Waals surface area (Å²) in [5.41, 5.74) is 1.51. The van der Waals surface area contributed by atoms with Crippen LogP contribution in [0.3, 0.4) is 0 Å². The van der Waals surface area contributed by atoms with E-state index in [1.165, 1.54) is 59.4 Å². The average molecular weight is 379 g/mol. The van der Waals surface area contributed by atoms with Gasteiger partial charge in [-0.15, -0.1) is 5.10 Å². The van der Waals surface area contributed by atoms with Crippen molar-refractivity contribution in [1.29, 1.82) is 0 Å². The fourth-order valence-corrected chi connectivity index (χ4v) is 2.36. The number of carbonyl (C=O) groups is 1. The molecular weight excluding hydrogens is 366 g/mol. The lowest BCUT2D eigenvalue weighted by Crippen LogP contribution is -2.00. The van der Waals surface area contributed by atoms with Crippen LogP contribution in [0.2, 0.25) is 0 Å². The first-order chi connectivity index (χ1) is 13.4. The molecule has 1 aromatic heterocycles. The molecule has 0 aliphatic rings. The summed E-state index contributed by atoms with van der Waals surface area (Å²) in [6.07, 6.45) is 4.31. The summed E-state index contributed by atoms with van der Waals surface area (Å²) < 4.78 is 1.45. The zero-order valence-electron chi connectivity index (χ0n) is 14.3. The molecule has 0 atom stereocenters. The normalized spacial score (nSPS) is 10.9. The van der Waals surface area contributed by atoms with Gasteiger partial charge >= 0.3 is 0 Å². The molecule has 0 amide bonds. The highest BCUT2D eigenvalue weighted by Gasteiger charge is 2.09. The number of benzene rings is 2. The van der Waals surface area contributed by atoms with E-state index >= 15 is 0 Å². The van der Waals surface area contributed by atoms with E-state index < -0.39 is 9.85 Å². The van der Waals surface area contributed by atoms with Crippen molar-refractivity contribution in [3.8, 4) is 0 Å². The predicted molar refractivity (Wildman–Crippen MR) is 98.7 cm³/mol. The maximum Gasteiger partial charge on any atom is 0.269 e. The predicted octanol–water partition coefficient (Wildman–Crippen LogP) is 3.04. The minimum absolute atomic E-state index is 0.00501. The van der Waals surface area contributed by atoms with Gasteiger partial charge in [0, 0.05) is 24.3 Å². The van der Waals surface area contributed by atoms with E-state index in [0.29, 0.717) is 12.1 Å². The Balaban J connectivity index is 1.64. The van der Waals surface area contributed by atoms with Gasteiger partial charge in [0.1, 0.15) is 0 Å². The fraction of sp³-hybridized carbons (Fsp3) is 0.0556. The number of hydrogen-bond donors (Lipinski definition) is 0. The van der Waals surface area contributed by atoms with E-state index in [4.69, 9.17) is 0 Å². The van der Waals surface area contributed by atoms with Crippen LogP contribution >= 0.6 is 0 Å². The number of nitrogens with zero attached hydrogens (tertiary/aromatic N) is 5. The van der Waals surface area contributed by atoms with Gasteiger partial charge in [-0.25, -0.2) is 4.68 Å². The number of aromatic nitrogens is 3. The van der Waals surface area contributed by atoms with Crippen molar-refractivity contribution in [2.45, 2.75) is 6.54 Å². The van der Waals surface area contributed by atoms with Gasteiger partial charge in [0.15, 0.2) is 5.69 Å². The maximum absolute atomic E-state index is 12.2. The zero-order valence-corrected chi connectivity index (χ0v) is 14.3. The molecule has 140 valence electrons. The molecule has 0 N–H and O–H groups in total. The van der Waals surface area contributed by atoms with E-state index in [1.807, 2.05) is 0 Å². The Hall–Kier alpha value is -4.21. The van der Waals surface area contributed by atoms with Crippen LogP contribution in [0.15, 0.2) is 60.8 Å². The molecule has 0 unspecified atom stereocenters. The Kier molecular flexibility index (Phi) is 5.30. The standard InChI is InChI=1S/C18H13N5O5/c24-18(10-5-13-1-6-15(7-2-13)22(25)26)17-12-21(20-19-17)11-14-3-8-16(9-4-14)23(27)28/h1-10,12H,11H2. The van der Waals surface area contributed by atoms with E-state index in [-0.39, 0.29) is 22.9 Å². The first-order valence-corrected chi connectivity index (χ1v) is 8.03. The quantitative estimate of drug-likeness (QED) is 0.266. The van der Waals surface area contributed by atoms with Crippen LogP contribution in [-0.4, -0.2) is 30.6 Å². The van der Waals surface area contributed by atoms with Gasteiger partial charge in [0.25, 0.3) is 11.4 Å². The number of hydrogen-bond acceptors (Lipinski definition) is 7. The topological polar surface area (TPSA) is 134 Å². The van der Waals surface area contributed by atoms with E-state index in [9.17, 15) is 25.0 Å². The van der Waals surface area contributed by atoms with Gasteiger partial charge in [0.05, 0.1) is 22.6 Å². The lowest BCUT2D eigenvalue weighted by Gasteiger charge is -2.00. The van der Waals surface area contributed by atoms with Crippen LogP contribution in [0.4, 0.5) is 11.4 Å². The average Bonchev–Trinajstić information content (AvgIpc) is 3.15. The van der Waals surface area contributed by atoms with Crippen molar-refractivity contribution in [2.24, 2.45) is 0 Å². The molecule has 0 aliphatic carbocycles. The highest BCUT2D eigenvalue weighted by atomic mass is 16.6. The molecule has 10 nitrogen and oxygen atoms in total. The summed E-state index contributed by atoms with van der Waals surface area (Å²) in [6, 6.07) is 11.8. The Labute approximate surface area is 158 Å². The largest absolute Gasteiger partial charge is 0.287 e. The molecule has 2 aromatic carbocycles. The first kappa shape index (κ1) is 18.6. The molecular formula is C18H13N5O5. The SMILES string of the molecule is O=C(C=Cc1ccc([N+](=O)[O-])cc1)c1cn(Cc2ccc([N+](=O)[O-])cc2)nn1. The maximum atomic E-state index is 12.2. The third kappa shape index (κ3) is 4.49. The second-order valence-corrected chi connectivity index (χ2v) is 5.77. The summed E-state index contributed by atoms with van der Waals surface area (Å²) in [5, 5.41) is 29.0. The van der Waals surface area contributed by atoms with Crippen molar-refractivity contribution >= 4 is 23.2 Å². The lowest BCUT2D eigenvalue weighted by atomic mass is 10.1. The van der Waals surface area contributed by atoms with Crippen molar-refractivity contribution in [3.63, 3.8) is 0 Å². The second-order valence-electron chi connectivity index (χ2n) is 5.77. The van der Waals surface area contributed by atoms with Crippen LogP contribution in [0.1, 0.15) is 21.6 Å². The third-order valence-corrected chi connectivity index (χ3v) is 3.81. The number of allylic oxidation sites excluding steroid dienone is 1. The van der Waals surface area contributed by atoms with Crippen molar-refractivity contribution in [3.05, 3.63) is 97.9 Å². The Morgan fingerprint density at radius 3 is 2.11 bits per heavy atom. The first-order valence-electron chi connectivity index (χ1n) is 8.03. The van der Waals surface area contributed by atoms with E-state index in [2.05, 4.69) is 10.3 Å². The molecule has 10 heteroatoms. The summed E-state index contributed by atoms with van der Waals surface area (Å²) in [6.45, 7) is 0.310. The Morgan fingerprint density at radius 2 is 1.54 bits per heavy atom. The molecule has 0 saturated carbocycles. The summed E-state index contributed by atoms with van der Waals surface area (Å²) in [4.78, 5) is 32.5. The summed E-state index contributed by atoms with van der Waals surface area (Å²) in [5.74, 6) is -0.367. The van der Waals surface area contributed by atoms with Crippen LogP contribution in [-0.2, 0) is 6.54 Å². The Morgan fingerprint density at radius 1 is 0.964 bits per heavy atom. The molecule has 0 aliphatic heterocycles. The molecule has 0 radical (unpaired) electrons. The zero-order chi connectivity index (χ0) is 20.1. The number of rotatable bonds is 7. The smallest absolute Gasteiger partial charge is 0.269 e. The van der Waals surface area contributed by atoms with Crippen LogP contribution < -0.4 is 0 Å². The molecule has 0 spiro atoms. The molecule has 3 aromatic rings. The number of ketones is 1. The van der Waals surface area contributed by atoms with E-state index in [1.54, 1.807) is 12.1 Å². The number of nitro groups is 2. The fourth-order valence-electron chi connectivity index (χ4n) is 2.36. The number of non-ortho nitro benzene ring substituents is 2. The Bertz CT molecular complexity index is 1050. The highest BCUT2D eigenvalue weighted by Crippen LogP contribution is 2.14. The van der Waals surface area contributed by atoms with Gasteiger partial charge in [0.2, 0.25) is 5.78 Å². The van der Waals surface area contributed by atoms with Gasteiger partial charge in [-0.2, -0.15) is 0 Å². The van der Waals surface area contributed by atoms with Crippen molar-refractivity contribution in [2.75, 3.05) is 0 Å². The third-order valence-electron chi connectivity index (χ3n) is 3.81. The summed E-state index contributed by atoms with van der Waals surface area (Å²) >= 11 is 0. The molecule has 0 saturated heterocycles. The van der Waals surface area contributed by atoms with Crippen LogP contribution in [0.25, 0.3) is 6.08 Å². The van der Waals surface area contributed by atoms with Gasteiger partial charge < -0.3 is 0 Å². The second kappa shape index (κ2) is 7.99. The number of nitro benzene ring substituents is 2. The monoisotopic (exact) mass is 379 g/mol. The molecule has 3 rings (SSSR count). The van der Waals surface area contributed by atoms with Gasteiger partial charge in [-0.1, -0.05) is 23.4 Å². The van der Waals surface area contributed by atoms with Crippen LogP contribution in [0.5, 0.6) is 0 Å². The van der Waals surface area contributed by atoms with Crippen molar-refractivity contribution in [1.82, 2.24) is 15.0 Å². The van der Waals surface area contributed by atoms with Crippen LogP contribution in [0, 0.1) is 20.2 Å².